The Morgan fingerprint density at radius 3 is 2.74 bits per heavy atom. The smallest absolute Gasteiger partial charge is 0.262 e. The van der Waals surface area contributed by atoms with Gasteiger partial charge in [-0.25, -0.2) is 0 Å². The maximum atomic E-state index is 12.6. The first-order valence-corrected chi connectivity index (χ1v) is 9.69. The molecule has 1 aromatic carbocycles. The van der Waals surface area contributed by atoms with E-state index in [2.05, 4.69) is 29.0 Å². The topological polar surface area (TPSA) is 79.4 Å². The van der Waals surface area contributed by atoms with Crippen LogP contribution in [0.15, 0.2) is 23.0 Å². The van der Waals surface area contributed by atoms with Gasteiger partial charge in [0.25, 0.3) is 11.5 Å². The maximum Gasteiger partial charge on any atom is 0.262 e. The van der Waals surface area contributed by atoms with E-state index in [0.717, 1.165) is 26.1 Å². The molecule has 2 N–H and O–H groups in total. The van der Waals surface area contributed by atoms with E-state index in [1.807, 2.05) is 0 Å². The Kier molecular flexibility index (Phi) is 8.15. The lowest BCUT2D eigenvalue weighted by Crippen LogP contribution is -2.30. The van der Waals surface area contributed by atoms with Gasteiger partial charge in [0, 0.05) is 19.2 Å². The van der Waals surface area contributed by atoms with Gasteiger partial charge >= 0.3 is 0 Å². The summed E-state index contributed by atoms with van der Waals surface area (Å²) in [5, 5.41) is 3.43. The number of hydrogen-bond acceptors (Lipinski definition) is 5. The van der Waals surface area contributed by atoms with Crippen molar-refractivity contribution in [2.24, 2.45) is 0 Å². The van der Waals surface area contributed by atoms with E-state index >= 15 is 0 Å². The SMILES string of the molecule is CCN(CC)CCCNC(=O)c1ccc2c(=O)n(CCOC)c(=S)[nH]c2c1. The summed E-state index contributed by atoms with van der Waals surface area (Å²) in [5.74, 6) is -0.153. The average Bonchev–Trinajstić information content (AvgIpc) is 2.67. The summed E-state index contributed by atoms with van der Waals surface area (Å²) in [5.41, 5.74) is 0.886. The zero-order valence-corrected chi connectivity index (χ0v) is 17.0. The van der Waals surface area contributed by atoms with E-state index in [4.69, 9.17) is 17.0 Å². The molecule has 0 atom stereocenters. The van der Waals surface area contributed by atoms with Crippen LogP contribution >= 0.6 is 12.2 Å². The minimum atomic E-state index is -0.183. The lowest BCUT2D eigenvalue weighted by molar-refractivity contribution is 0.0952. The number of rotatable bonds is 10. The highest BCUT2D eigenvalue weighted by Gasteiger charge is 2.10. The minimum Gasteiger partial charge on any atom is -0.383 e. The fraction of sp³-hybridized carbons (Fsp3) is 0.526. The maximum absolute atomic E-state index is 12.6. The summed E-state index contributed by atoms with van der Waals surface area (Å²) in [6, 6.07) is 5.00. The molecule has 0 bridgehead atoms. The molecule has 1 amide bonds. The number of benzene rings is 1. The summed E-state index contributed by atoms with van der Waals surface area (Å²) >= 11 is 5.27. The summed E-state index contributed by atoms with van der Waals surface area (Å²) < 4.78 is 6.81. The van der Waals surface area contributed by atoms with Crippen molar-refractivity contribution in [2.45, 2.75) is 26.8 Å². The number of aromatic nitrogens is 2. The van der Waals surface area contributed by atoms with Crippen LogP contribution in [0.5, 0.6) is 0 Å². The quantitative estimate of drug-likeness (QED) is 0.479. The second-order valence-corrected chi connectivity index (χ2v) is 6.66. The summed E-state index contributed by atoms with van der Waals surface area (Å²) in [6.07, 6.45) is 0.896. The molecule has 148 valence electrons. The van der Waals surface area contributed by atoms with Gasteiger partial charge in [-0.05, 0) is 56.5 Å². The number of carbonyl (C=O) groups excluding carboxylic acids is 1. The van der Waals surface area contributed by atoms with Crippen LogP contribution in [0, 0.1) is 4.77 Å². The van der Waals surface area contributed by atoms with E-state index in [9.17, 15) is 9.59 Å². The van der Waals surface area contributed by atoms with Gasteiger partial charge in [-0.3, -0.25) is 14.2 Å². The molecule has 2 rings (SSSR count). The first-order valence-electron chi connectivity index (χ1n) is 9.28. The Bertz CT molecular complexity index is 887. The van der Waals surface area contributed by atoms with Gasteiger partial charge in [0.2, 0.25) is 0 Å². The molecule has 2 aromatic rings. The number of hydrogen-bond donors (Lipinski definition) is 2. The Labute approximate surface area is 164 Å². The first kappa shape index (κ1) is 21.3. The van der Waals surface area contributed by atoms with Crippen molar-refractivity contribution in [2.75, 3.05) is 39.9 Å². The third-order valence-corrected chi connectivity index (χ3v) is 4.92. The van der Waals surface area contributed by atoms with Crippen LogP contribution in [-0.4, -0.2) is 60.3 Å². The zero-order valence-electron chi connectivity index (χ0n) is 16.2. The molecule has 8 heteroatoms. The Balaban J connectivity index is 2.10. The fourth-order valence-corrected chi connectivity index (χ4v) is 3.21. The van der Waals surface area contributed by atoms with Gasteiger partial charge in [-0.2, -0.15) is 0 Å². The summed E-state index contributed by atoms with van der Waals surface area (Å²) in [4.78, 5) is 30.3. The molecule has 1 heterocycles. The second kappa shape index (κ2) is 10.3. The third-order valence-electron chi connectivity index (χ3n) is 4.59. The van der Waals surface area contributed by atoms with Gasteiger partial charge in [-0.1, -0.05) is 13.8 Å². The normalized spacial score (nSPS) is 11.3. The number of nitrogens with one attached hydrogen (secondary N) is 2. The number of methoxy groups -OCH3 is 1. The molecule has 0 spiro atoms. The van der Waals surface area contributed by atoms with Crippen LogP contribution in [-0.2, 0) is 11.3 Å². The lowest BCUT2D eigenvalue weighted by atomic mass is 10.1. The Morgan fingerprint density at radius 1 is 1.33 bits per heavy atom. The largest absolute Gasteiger partial charge is 0.383 e. The third kappa shape index (κ3) is 5.47. The summed E-state index contributed by atoms with van der Waals surface area (Å²) in [7, 11) is 1.58. The molecule has 27 heavy (non-hydrogen) atoms. The summed E-state index contributed by atoms with van der Waals surface area (Å²) in [6.45, 7) is 8.63. The van der Waals surface area contributed by atoms with Crippen molar-refractivity contribution in [3.05, 3.63) is 38.9 Å². The second-order valence-electron chi connectivity index (χ2n) is 6.28. The average molecular weight is 393 g/mol. The van der Waals surface area contributed by atoms with E-state index in [1.54, 1.807) is 25.3 Å². The van der Waals surface area contributed by atoms with Gasteiger partial charge < -0.3 is 19.9 Å². The molecule has 0 aliphatic rings. The van der Waals surface area contributed by atoms with E-state index in [0.29, 0.717) is 40.9 Å². The molecule has 0 saturated carbocycles. The Morgan fingerprint density at radius 2 is 2.07 bits per heavy atom. The molecule has 0 radical (unpaired) electrons. The van der Waals surface area contributed by atoms with Crippen molar-refractivity contribution in [3.8, 4) is 0 Å². The molecule has 1 aromatic heterocycles. The monoisotopic (exact) mass is 392 g/mol. The zero-order chi connectivity index (χ0) is 19.8. The van der Waals surface area contributed by atoms with E-state index in [-0.39, 0.29) is 11.5 Å². The molecule has 0 aliphatic carbocycles. The molecule has 0 saturated heterocycles. The van der Waals surface area contributed by atoms with Gasteiger partial charge in [0.15, 0.2) is 4.77 Å². The Hall–Kier alpha value is -2.03. The van der Waals surface area contributed by atoms with Gasteiger partial charge in [0.05, 0.1) is 24.1 Å². The number of ether oxygens (including phenoxy) is 1. The highest BCUT2D eigenvalue weighted by Crippen LogP contribution is 2.11. The lowest BCUT2D eigenvalue weighted by Gasteiger charge is -2.17. The van der Waals surface area contributed by atoms with Crippen molar-refractivity contribution in [1.29, 1.82) is 0 Å². The first-order chi connectivity index (χ1) is 13.0. The number of fused-ring (bicyclic) bond motifs is 1. The number of amides is 1. The number of H-pyrrole nitrogens is 1. The molecule has 0 aliphatic heterocycles. The van der Waals surface area contributed by atoms with Crippen LogP contribution < -0.4 is 10.9 Å². The molecular formula is C19H28N4O3S. The highest BCUT2D eigenvalue weighted by atomic mass is 32.1. The highest BCUT2D eigenvalue weighted by molar-refractivity contribution is 7.71. The predicted octanol–water partition coefficient (Wildman–Crippen LogP) is 2.17. The predicted molar refractivity (Wildman–Crippen MR) is 110 cm³/mol. The van der Waals surface area contributed by atoms with Crippen molar-refractivity contribution in [1.82, 2.24) is 19.8 Å². The van der Waals surface area contributed by atoms with E-state index < -0.39 is 0 Å². The minimum absolute atomic E-state index is 0.153. The van der Waals surface area contributed by atoms with Gasteiger partial charge in [-0.15, -0.1) is 0 Å². The molecular weight excluding hydrogens is 364 g/mol. The number of carbonyl (C=O) groups is 1. The van der Waals surface area contributed by atoms with Crippen molar-refractivity contribution >= 4 is 29.0 Å². The van der Waals surface area contributed by atoms with Crippen LogP contribution in [0.3, 0.4) is 0 Å². The van der Waals surface area contributed by atoms with Crippen molar-refractivity contribution < 1.29 is 9.53 Å². The van der Waals surface area contributed by atoms with Crippen LogP contribution in [0.2, 0.25) is 0 Å². The molecule has 0 fully saturated rings. The van der Waals surface area contributed by atoms with Crippen molar-refractivity contribution in [3.63, 3.8) is 0 Å². The number of nitrogens with zero attached hydrogens (tertiary/aromatic N) is 2. The molecule has 7 nitrogen and oxygen atoms in total. The molecule has 0 unspecified atom stereocenters. The van der Waals surface area contributed by atoms with E-state index in [1.165, 1.54) is 4.57 Å². The van der Waals surface area contributed by atoms with Crippen LogP contribution in [0.1, 0.15) is 30.6 Å². The van der Waals surface area contributed by atoms with Crippen LogP contribution in [0.25, 0.3) is 10.9 Å². The van der Waals surface area contributed by atoms with Gasteiger partial charge in [0.1, 0.15) is 0 Å². The fourth-order valence-electron chi connectivity index (χ4n) is 2.93. The standard InChI is InChI=1S/C19H28N4O3S/c1-4-22(5-2)10-6-9-20-17(24)14-7-8-15-16(13-14)21-19(27)23(18(15)25)11-12-26-3/h7-8,13H,4-6,9-12H2,1-3H3,(H,20,24)(H,21,27). The van der Waals surface area contributed by atoms with Crippen LogP contribution in [0.4, 0.5) is 0 Å². The number of aromatic amines is 1.